The van der Waals surface area contributed by atoms with Crippen LogP contribution in [0, 0.1) is 17.3 Å². The smallest absolute Gasteiger partial charge is 0.302 e. The van der Waals surface area contributed by atoms with Gasteiger partial charge < -0.3 is 4.74 Å². The van der Waals surface area contributed by atoms with Gasteiger partial charge in [0.25, 0.3) is 0 Å². The quantitative estimate of drug-likeness (QED) is 0.659. The van der Waals surface area contributed by atoms with E-state index in [4.69, 9.17) is 4.74 Å². The molecule has 0 aromatic carbocycles. The van der Waals surface area contributed by atoms with Crippen LogP contribution < -0.4 is 0 Å². The maximum Gasteiger partial charge on any atom is 0.302 e. The Morgan fingerprint density at radius 1 is 1.53 bits per heavy atom. The van der Waals surface area contributed by atoms with Crippen LogP contribution in [0.15, 0.2) is 0 Å². The molecule has 0 aromatic rings. The Labute approximate surface area is 91.2 Å². The molecule has 2 atom stereocenters. The molecule has 1 aliphatic carbocycles. The van der Waals surface area contributed by atoms with Crippen molar-refractivity contribution in [1.82, 2.24) is 0 Å². The molecule has 0 aromatic heterocycles. The molecule has 0 aliphatic heterocycles. The van der Waals surface area contributed by atoms with E-state index in [0.29, 0.717) is 18.8 Å². The van der Waals surface area contributed by atoms with Gasteiger partial charge in [-0.05, 0) is 11.8 Å². The standard InChI is InChI=1S/C12H20O3/c1-8-10(7-15-9(2)13)12(3,4)6-5-11(8)14/h8,10H,5-7H2,1-4H3. The van der Waals surface area contributed by atoms with Crippen LogP contribution in [-0.4, -0.2) is 18.4 Å². The fraction of sp³-hybridized carbons (Fsp3) is 0.833. The van der Waals surface area contributed by atoms with Crippen molar-refractivity contribution in [3.05, 3.63) is 0 Å². The van der Waals surface area contributed by atoms with Crippen LogP contribution in [0.5, 0.6) is 0 Å². The van der Waals surface area contributed by atoms with Crippen LogP contribution in [0.2, 0.25) is 0 Å². The minimum atomic E-state index is -0.268. The van der Waals surface area contributed by atoms with Crippen molar-refractivity contribution in [1.29, 1.82) is 0 Å². The number of hydrogen-bond donors (Lipinski definition) is 0. The van der Waals surface area contributed by atoms with Gasteiger partial charge >= 0.3 is 5.97 Å². The van der Waals surface area contributed by atoms with Crippen LogP contribution >= 0.6 is 0 Å². The summed E-state index contributed by atoms with van der Waals surface area (Å²) in [4.78, 5) is 22.4. The number of carbonyl (C=O) groups excluding carboxylic acids is 2. The summed E-state index contributed by atoms with van der Waals surface area (Å²) < 4.78 is 5.04. The topological polar surface area (TPSA) is 43.4 Å². The minimum Gasteiger partial charge on any atom is -0.466 e. The van der Waals surface area contributed by atoms with E-state index in [-0.39, 0.29) is 23.2 Å². The first-order valence-electron chi connectivity index (χ1n) is 5.50. The number of esters is 1. The first-order valence-corrected chi connectivity index (χ1v) is 5.50. The predicted octanol–water partition coefficient (Wildman–Crippen LogP) is 2.19. The van der Waals surface area contributed by atoms with Crippen molar-refractivity contribution in [2.24, 2.45) is 17.3 Å². The zero-order valence-corrected chi connectivity index (χ0v) is 10.0. The monoisotopic (exact) mass is 212 g/mol. The zero-order valence-electron chi connectivity index (χ0n) is 10.0. The van der Waals surface area contributed by atoms with Crippen molar-refractivity contribution < 1.29 is 14.3 Å². The Morgan fingerprint density at radius 3 is 2.67 bits per heavy atom. The van der Waals surface area contributed by atoms with Gasteiger partial charge in [-0.15, -0.1) is 0 Å². The second kappa shape index (κ2) is 4.33. The van der Waals surface area contributed by atoms with Crippen molar-refractivity contribution in [3.8, 4) is 0 Å². The maximum atomic E-state index is 11.6. The molecule has 0 heterocycles. The number of hydrogen-bond acceptors (Lipinski definition) is 3. The summed E-state index contributed by atoms with van der Waals surface area (Å²) in [6, 6.07) is 0. The molecule has 15 heavy (non-hydrogen) atoms. The third-order valence-corrected chi connectivity index (χ3v) is 3.60. The van der Waals surface area contributed by atoms with E-state index in [0.717, 1.165) is 6.42 Å². The molecule has 3 nitrogen and oxygen atoms in total. The van der Waals surface area contributed by atoms with E-state index in [2.05, 4.69) is 13.8 Å². The van der Waals surface area contributed by atoms with Gasteiger partial charge in [0.05, 0.1) is 6.61 Å². The number of carbonyl (C=O) groups is 2. The highest BCUT2D eigenvalue weighted by Gasteiger charge is 2.41. The maximum absolute atomic E-state index is 11.6. The summed E-state index contributed by atoms with van der Waals surface area (Å²) in [7, 11) is 0. The lowest BCUT2D eigenvalue weighted by Gasteiger charge is -2.41. The highest BCUT2D eigenvalue weighted by molar-refractivity contribution is 5.82. The largest absolute Gasteiger partial charge is 0.466 e. The Morgan fingerprint density at radius 2 is 2.13 bits per heavy atom. The summed E-state index contributed by atoms with van der Waals surface area (Å²) in [6.45, 7) is 8.00. The van der Waals surface area contributed by atoms with Gasteiger partial charge in [-0.1, -0.05) is 20.8 Å². The SMILES string of the molecule is CC(=O)OCC1C(C)C(=O)CCC1(C)C. The average Bonchev–Trinajstić information content (AvgIpc) is 2.11. The lowest BCUT2D eigenvalue weighted by Crippen LogP contribution is -2.41. The summed E-state index contributed by atoms with van der Waals surface area (Å²) >= 11 is 0. The molecule has 0 spiro atoms. The highest BCUT2D eigenvalue weighted by Crippen LogP contribution is 2.42. The molecule has 1 aliphatic rings. The van der Waals surface area contributed by atoms with E-state index in [9.17, 15) is 9.59 Å². The number of ether oxygens (including phenoxy) is 1. The van der Waals surface area contributed by atoms with Gasteiger partial charge in [0.2, 0.25) is 0 Å². The van der Waals surface area contributed by atoms with Crippen molar-refractivity contribution in [2.45, 2.75) is 40.5 Å². The average molecular weight is 212 g/mol. The Bertz CT molecular complexity index is 268. The Kier molecular flexibility index (Phi) is 3.53. The Hall–Kier alpha value is -0.860. The number of rotatable bonds is 2. The molecule has 2 unspecified atom stereocenters. The molecule has 0 N–H and O–H groups in total. The predicted molar refractivity (Wildman–Crippen MR) is 57.3 cm³/mol. The summed E-state index contributed by atoms with van der Waals surface area (Å²) in [6.07, 6.45) is 1.55. The molecular formula is C12H20O3. The van der Waals surface area contributed by atoms with Crippen molar-refractivity contribution in [2.75, 3.05) is 6.61 Å². The van der Waals surface area contributed by atoms with Gasteiger partial charge in [0.15, 0.2) is 0 Å². The second-order valence-electron chi connectivity index (χ2n) is 5.15. The molecule has 1 rings (SSSR count). The van der Waals surface area contributed by atoms with E-state index < -0.39 is 0 Å². The fourth-order valence-electron chi connectivity index (χ4n) is 2.34. The van der Waals surface area contributed by atoms with Crippen LogP contribution in [0.3, 0.4) is 0 Å². The molecule has 0 amide bonds. The first kappa shape index (κ1) is 12.2. The molecule has 0 bridgehead atoms. The van der Waals surface area contributed by atoms with Crippen LogP contribution in [0.4, 0.5) is 0 Å². The number of ketones is 1. The van der Waals surface area contributed by atoms with Crippen molar-refractivity contribution in [3.63, 3.8) is 0 Å². The van der Waals surface area contributed by atoms with Gasteiger partial charge in [-0.2, -0.15) is 0 Å². The molecule has 0 saturated heterocycles. The third kappa shape index (κ3) is 2.80. The van der Waals surface area contributed by atoms with Crippen LogP contribution in [0.1, 0.15) is 40.5 Å². The van der Waals surface area contributed by atoms with E-state index in [1.807, 2.05) is 6.92 Å². The molecule has 1 saturated carbocycles. The highest BCUT2D eigenvalue weighted by atomic mass is 16.5. The van der Waals surface area contributed by atoms with Crippen LogP contribution in [0.25, 0.3) is 0 Å². The molecule has 0 radical (unpaired) electrons. The first-order chi connectivity index (χ1) is 6.84. The van der Waals surface area contributed by atoms with Gasteiger partial charge in [-0.25, -0.2) is 0 Å². The lowest BCUT2D eigenvalue weighted by molar-refractivity contribution is -0.148. The molecular weight excluding hydrogens is 192 g/mol. The second-order valence-corrected chi connectivity index (χ2v) is 5.15. The normalized spacial score (nSPS) is 30.0. The number of Topliss-reactive ketones (excluding diaryl/α,β-unsaturated/α-hetero) is 1. The minimum absolute atomic E-state index is 0.00750. The zero-order chi connectivity index (χ0) is 11.6. The molecule has 1 fully saturated rings. The van der Waals surface area contributed by atoms with Gasteiger partial charge in [0, 0.05) is 25.2 Å². The van der Waals surface area contributed by atoms with E-state index in [1.54, 1.807) is 0 Å². The molecule has 86 valence electrons. The van der Waals surface area contributed by atoms with Gasteiger partial charge in [-0.3, -0.25) is 9.59 Å². The Balaban J connectivity index is 2.70. The van der Waals surface area contributed by atoms with E-state index in [1.165, 1.54) is 6.92 Å². The molecule has 3 heteroatoms. The van der Waals surface area contributed by atoms with Gasteiger partial charge in [0.1, 0.15) is 5.78 Å². The summed E-state index contributed by atoms with van der Waals surface area (Å²) in [5, 5.41) is 0. The van der Waals surface area contributed by atoms with Crippen LogP contribution in [-0.2, 0) is 14.3 Å². The summed E-state index contributed by atoms with van der Waals surface area (Å²) in [5.74, 6) is 0.193. The lowest BCUT2D eigenvalue weighted by atomic mass is 9.64. The summed E-state index contributed by atoms with van der Waals surface area (Å²) in [5.41, 5.74) is 0.0861. The van der Waals surface area contributed by atoms with Crippen molar-refractivity contribution >= 4 is 11.8 Å². The fourth-order valence-corrected chi connectivity index (χ4v) is 2.34. The third-order valence-electron chi connectivity index (χ3n) is 3.60. The van der Waals surface area contributed by atoms with E-state index >= 15 is 0 Å².